The summed E-state index contributed by atoms with van der Waals surface area (Å²) in [7, 11) is 0. The van der Waals surface area contributed by atoms with Crippen molar-refractivity contribution in [2.75, 3.05) is 13.1 Å². The zero-order valence-corrected chi connectivity index (χ0v) is 10.2. The smallest absolute Gasteiger partial charge is 0.234 e. The van der Waals surface area contributed by atoms with Crippen molar-refractivity contribution in [3.05, 3.63) is 11.3 Å². The first-order valence-electron chi connectivity index (χ1n) is 5.76. The molecule has 3 heterocycles. The Hall–Kier alpha value is -1.50. The number of nitrogens with zero attached hydrogens (tertiary/aromatic N) is 5. The SMILES string of the molecule is O=C(CCc1nn2cnnc2s1)N1CCCC1. The highest BCUT2D eigenvalue weighted by Crippen LogP contribution is 2.15. The van der Waals surface area contributed by atoms with Crippen LogP contribution in [0.25, 0.3) is 4.96 Å². The predicted molar refractivity (Wildman–Crippen MR) is 62.8 cm³/mol. The molecule has 0 aliphatic carbocycles. The van der Waals surface area contributed by atoms with Gasteiger partial charge in [0.1, 0.15) is 11.3 Å². The fourth-order valence-electron chi connectivity index (χ4n) is 2.04. The van der Waals surface area contributed by atoms with E-state index in [2.05, 4.69) is 15.3 Å². The van der Waals surface area contributed by atoms with Crippen molar-refractivity contribution in [3.63, 3.8) is 0 Å². The van der Waals surface area contributed by atoms with Gasteiger partial charge in [-0.2, -0.15) is 9.61 Å². The van der Waals surface area contributed by atoms with Gasteiger partial charge < -0.3 is 4.90 Å². The Morgan fingerprint density at radius 2 is 2.24 bits per heavy atom. The van der Waals surface area contributed by atoms with Crippen LogP contribution >= 0.6 is 11.3 Å². The Kier molecular flexibility index (Phi) is 2.76. The number of likely N-dealkylation sites (tertiary alicyclic amines) is 1. The topological polar surface area (TPSA) is 63.4 Å². The zero-order chi connectivity index (χ0) is 11.7. The van der Waals surface area contributed by atoms with E-state index in [0.29, 0.717) is 12.8 Å². The van der Waals surface area contributed by atoms with E-state index >= 15 is 0 Å². The predicted octanol–water partition coefficient (Wildman–Crippen LogP) is 0.741. The Morgan fingerprint density at radius 1 is 1.41 bits per heavy atom. The van der Waals surface area contributed by atoms with Crippen molar-refractivity contribution >= 4 is 22.2 Å². The number of rotatable bonds is 3. The van der Waals surface area contributed by atoms with Gasteiger partial charge in [-0.3, -0.25) is 4.79 Å². The van der Waals surface area contributed by atoms with Crippen LogP contribution in [0.3, 0.4) is 0 Å². The number of aryl methyl sites for hydroxylation is 1. The molecule has 0 aromatic carbocycles. The van der Waals surface area contributed by atoms with Crippen molar-refractivity contribution in [1.82, 2.24) is 24.7 Å². The minimum atomic E-state index is 0.244. The fourth-order valence-corrected chi connectivity index (χ4v) is 2.85. The van der Waals surface area contributed by atoms with E-state index in [1.54, 1.807) is 10.8 Å². The van der Waals surface area contributed by atoms with Crippen LogP contribution in [0.4, 0.5) is 0 Å². The molecule has 6 nitrogen and oxygen atoms in total. The van der Waals surface area contributed by atoms with E-state index in [1.165, 1.54) is 11.3 Å². The van der Waals surface area contributed by atoms with E-state index in [-0.39, 0.29) is 5.91 Å². The van der Waals surface area contributed by atoms with Gasteiger partial charge in [0.25, 0.3) is 0 Å². The maximum absolute atomic E-state index is 11.8. The van der Waals surface area contributed by atoms with Crippen molar-refractivity contribution in [2.24, 2.45) is 0 Å². The monoisotopic (exact) mass is 251 g/mol. The first kappa shape index (κ1) is 10.6. The zero-order valence-electron chi connectivity index (χ0n) is 9.37. The molecule has 0 spiro atoms. The molecule has 0 atom stereocenters. The lowest BCUT2D eigenvalue weighted by Gasteiger charge is -2.14. The van der Waals surface area contributed by atoms with Gasteiger partial charge >= 0.3 is 0 Å². The van der Waals surface area contributed by atoms with Gasteiger partial charge in [-0.05, 0) is 12.8 Å². The van der Waals surface area contributed by atoms with E-state index in [4.69, 9.17) is 0 Å². The van der Waals surface area contributed by atoms with E-state index in [1.807, 2.05) is 4.90 Å². The summed E-state index contributed by atoms with van der Waals surface area (Å²) in [6.45, 7) is 1.84. The Morgan fingerprint density at radius 3 is 3.00 bits per heavy atom. The first-order valence-corrected chi connectivity index (χ1v) is 6.58. The first-order chi connectivity index (χ1) is 8.33. The Balaban J connectivity index is 1.60. The molecule has 2 aromatic rings. The third kappa shape index (κ3) is 2.14. The van der Waals surface area contributed by atoms with Gasteiger partial charge in [0, 0.05) is 25.9 Å². The number of carbonyl (C=O) groups excluding carboxylic acids is 1. The van der Waals surface area contributed by atoms with Crippen LogP contribution in [0.5, 0.6) is 0 Å². The van der Waals surface area contributed by atoms with Crippen molar-refractivity contribution in [3.8, 4) is 0 Å². The summed E-state index contributed by atoms with van der Waals surface area (Å²) < 4.78 is 1.65. The molecule has 1 fully saturated rings. The minimum absolute atomic E-state index is 0.244. The third-order valence-corrected chi connectivity index (χ3v) is 3.91. The number of amides is 1. The summed E-state index contributed by atoms with van der Waals surface area (Å²) in [6.07, 6.45) is 5.11. The number of aromatic nitrogens is 4. The molecule has 1 aliphatic rings. The van der Waals surface area contributed by atoms with Crippen LogP contribution in [-0.4, -0.2) is 43.7 Å². The quantitative estimate of drug-likeness (QED) is 0.807. The molecule has 0 radical (unpaired) electrons. The highest BCUT2D eigenvalue weighted by atomic mass is 32.1. The van der Waals surface area contributed by atoms with E-state index in [9.17, 15) is 4.79 Å². The summed E-state index contributed by atoms with van der Waals surface area (Å²) in [4.78, 5) is 14.6. The minimum Gasteiger partial charge on any atom is -0.343 e. The second-order valence-corrected chi connectivity index (χ2v) is 5.18. The van der Waals surface area contributed by atoms with Crippen LogP contribution in [0, 0.1) is 0 Å². The number of hydrogen-bond donors (Lipinski definition) is 0. The Labute approximate surface area is 102 Å². The van der Waals surface area contributed by atoms with E-state index in [0.717, 1.165) is 35.9 Å². The molecular formula is C10H13N5OS. The second-order valence-electron chi connectivity index (χ2n) is 4.14. The van der Waals surface area contributed by atoms with Gasteiger partial charge in [0.05, 0.1) is 0 Å². The largest absolute Gasteiger partial charge is 0.343 e. The lowest BCUT2D eigenvalue weighted by molar-refractivity contribution is -0.130. The fraction of sp³-hybridized carbons (Fsp3) is 0.600. The summed E-state index contributed by atoms with van der Waals surface area (Å²) in [5.41, 5.74) is 0. The molecule has 0 unspecified atom stereocenters. The molecule has 17 heavy (non-hydrogen) atoms. The van der Waals surface area contributed by atoms with Crippen molar-refractivity contribution in [2.45, 2.75) is 25.7 Å². The molecule has 90 valence electrons. The molecule has 1 amide bonds. The Bertz CT molecular complexity index is 499. The summed E-state index contributed by atoms with van der Waals surface area (Å²) in [6, 6.07) is 0. The van der Waals surface area contributed by atoms with Crippen molar-refractivity contribution < 1.29 is 4.79 Å². The summed E-state index contributed by atoms with van der Waals surface area (Å²) >= 11 is 1.50. The highest BCUT2D eigenvalue weighted by molar-refractivity contribution is 7.16. The molecule has 0 saturated carbocycles. The average Bonchev–Trinajstić information content (AvgIpc) is 3.01. The maximum Gasteiger partial charge on any atom is 0.234 e. The van der Waals surface area contributed by atoms with Crippen LogP contribution < -0.4 is 0 Å². The molecule has 0 N–H and O–H groups in total. The molecule has 2 aromatic heterocycles. The van der Waals surface area contributed by atoms with Crippen LogP contribution in [0.15, 0.2) is 6.33 Å². The van der Waals surface area contributed by atoms with Gasteiger partial charge in [0.15, 0.2) is 0 Å². The molecule has 1 aliphatic heterocycles. The second kappa shape index (κ2) is 4.40. The van der Waals surface area contributed by atoms with Gasteiger partial charge in [-0.25, -0.2) is 0 Å². The van der Waals surface area contributed by atoms with Crippen LogP contribution in [0.1, 0.15) is 24.3 Å². The molecule has 3 rings (SSSR count). The average molecular weight is 251 g/mol. The maximum atomic E-state index is 11.8. The number of fused-ring (bicyclic) bond motifs is 1. The summed E-state index contributed by atoms with van der Waals surface area (Å²) in [5.74, 6) is 0.244. The molecule has 7 heteroatoms. The van der Waals surface area contributed by atoms with Gasteiger partial charge in [-0.1, -0.05) is 11.3 Å². The van der Waals surface area contributed by atoms with Crippen LogP contribution in [-0.2, 0) is 11.2 Å². The number of carbonyl (C=O) groups is 1. The normalized spacial score (nSPS) is 15.9. The van der Waals surface area contributed by atoms with Crippen molar-refractivity contribution in [1.29, 1.82) is 0 Å². The number of hydrogen-bond acceptors (Lipinski definition) is 5. The lowest BCUT2D eigenvalue weighted by atomic mass is 10.3. The molecule has 0 bridgehead atoms. The highest BCUT2D eigenvalue weighted by Gasteiger charge is 2.18. The van der Waals surface area contributed by atoms with Gasteiger partial charge in [-0.15, -0.1) is 10.2 Å². The third-order valence-electron chi connectivity index (χ3n) is 2.94. The van der Waals surface area contributed by atoms with Gasteiger partial charge in [0.2, 0.25) is 10.9 Å². The van der Waals surface area contributed by atoms with E-state index < -0.39 is 0 Å². The standard InChI is InChI=1S/C10H13N5OS/c16-9(14-5-1-2-6-14)4-3-8-13-15-7-11-12-10(15)17-8/h7H,1-6H2. The molecule has 1 saturated heterocycles. The lowest BCUT2D eigenvalue weighted by Crippen LogP contribution is -2.27. The van der Waals surface area contributed by atoms with Crippen LogP contribution in [0.2, 0.25) is 0 Å². The summed E-state index contributed by atoms with van der Waals surface area (Å²) in [5, 5.41) is 12.9. The molecular weight excluding hydrogens is 238 g/mol.